The molecular formula is C15H33AlO. The van der Waals surface area contributed by atoms with Crippen LogP contribution in [0.15, 0.2) is 0 Å². The second-order valence-electron chi connectivity index (χ2n) is 6.17. The number of ether oxygens (including phenoxy) is 1. The lowest BCUT2D eigenvalue weighted by molar-refractivity contribution is 0.143. The lowest BCUT2D eigenvalue weighted by Crippen LogP contribution is -2.17. The van der Waals surface area contributed by atoms with Gasteiger partial charge in [-0.3, -0.25) is 0 Å². The maximum Gasteiger partial charge on any atom is 0.262 e. The Kier molecular flexibility index (Phi) is 11.9. The topological polar surface area (TPSA) is 9.23 Å². The summed E-state index contributed by atoms with van der Waals surface area (Å²) in [6.45, 7) is 13.5. The van der Waals surface area contributed by atoms with Gasteiger partial charge in [0.2, 0.25) is 0 Å². The minimum Gasteiger partial charge on any atom is -0.382 e. The molecule has 0 aromatic heterocycles. The first-order valence-electron chi connectivity index (χ1n) is 7.64. The summed E-state index contributed by atoms with van der Waals surface area (Å²) in [6.07, 6.45) is 4.08. The van der Waals surface area contributed by atoms with Crippen molar-refractivity contribution in [1.82, 2.24) is 0 Å². The molecule has 17 heavy (non-hydrogen) atoms. The Bertz CT molecular complexity index is 147. The van der Waals surface area contributed by atoms with E-state index in [1.807, 2.05) is 0 Å². The summed E-state index contributed by atoms with van der Waals surface area (Å²) in [5.74, 6) is 1.82. The van der Waals surface area contributed by atoms with Gasteiger partial charge in [0.05, 0.1) is 0 Å². The molecule has 0 amide bonds. The molecule has 0 rings (SSSR count). The zero-order valence-electron chi connectivity index (χ0n) is 12.8. The van der Waals surface area contributed by atoms with Gasteiger partial charge in [-0.1, -0.05) is 68.2 Å². The van der Waals surface area contributed by atoms with Crippen molar-refractivity contribution in [3.05, 3.63) is 0 Å². The molecule has 0 bridgehead atoms. The Morgan fingerprint density at radius 2 is 1.47 bits per heavy atom. The van der Waals surface area contributed by atoms with E-state index in [1.165, 1.54) is 19.3 Å². The van der Waals surface area contributed by atoms with E-state index in [-0.39, 0.29) is 0 Å². The molecule has 0 fully saturated rings. The van der Waals surface area contributed by atoms with Crippen LogP contribution >= 0.6 is 0 Å². The predicted molar refractivity (Wildman–Crippen MR) is 80.2 cm³/mol. The quantitative estimate of drug-likeness (QED) is 0.373. The first kappa shape index (κ1) is 17.5. The first-order valence-corrected chi connectivity index (χ1v) is 10.1. The van der Waals surface area contributed by atoms with E-state index in [9.17, 15) is 0 Å². The summed E-state index contributed by atoms with van der Waals surface area (Å²) in [5, 5.41) is 4.65. The number of hydrogen-bond acceptors (Lipinski definition) is 1. The molecule has 0 aliphatic heterocycles. The maximum absolute atomic E-state index is 5.38. The summed E-state index contributed by atoms with van der Waals surface area (Å²) < 4.78 is 5.38. The normalized spacial score (nSPS) is 11.5. The Morgan fingerprint density at radius 3 is 1.94 bits per heavy atom. The molecule has 0 spiro atoms. The zero-order chi connectivity index (χ0) is 13.1. The van der Waals surface area contributed by atoms with E-state index in [4.69, 9.17) is 4.74 Å². The van der Waals surface area contributed by atoms with E-state index < -0.39 is 14.1 Å². The van der Waals surface area contributed by atoms with Gasteiger partial charge >= 0.3 is 0 Å². The van der Waals surface area contributed by atoms with Gasteiger partial charge in [-0.25, -0.2) is 0 Å². The Balaban J connectivity index is 3.60. The van der Waals surface area contributed by atoms with Gasteiger partial charge in [0, 0.05) is 13.2 Å². The monoisotopic (exact) mass is 256 g/mol. The fourth-order valence-corrected chi connectivity index (χ4v) is 6.82. The summed E-state index contributed by atoms with van der Waals surface area (Å²) in [5.41, 5.74) is 0. The molecule has 0 N–H and O–H groups in total. The van der Waals surface area contributed by atoms with Crippen molar-refractivity contribution in [3.8, 4) is 0 Å². The average molecular weight is 256 g/mol. The van der Waals surface area contributed by atoms with E-state index in [0.717, 1.165) is 25.0 Å². The number of unbranched alkanes of at least 4 members (excludes halogenated alkanes) is 2. The molecule has 0 radical (unpaired) electrons. The lowest BCUT2D eigenvalue weighted by atomic mass is 10.2. The molecule has 0 unspecified atom stereocenters. The third-order valence-electron chi connectivity index (χ3n) is 3.21. The van der Waals surface area contributed by atoms with E-state index in [1.54, 1.807) is 15.8 Å². The van der Waals surface area contributed by atoms with Crippen LogP contribution in [0.2, 0.25) is 15.8 Å². The fraction of sp³-hybridized carbons (Fsp3) is 1.00. The van der Waals surface area contributed by atoms with E-state index in [2.05, 4.69) is 34.6 Å². The van der Waals surface area contributed by atoms with Crippen molar-refractivity contribution >= 4 is 14.1 Å². The van der Waals surface area contributed by atoms with Crippen LogP contribution in [-0.4, -0.2) is 27.4 Å². The fourth-order valence-electron chi connectivity index (χ4n) is 2.62. The molecule has 2 heteroatoms. The van der Waals surface area contributed by atoms with Crippen molar-refractivity contribution in [3.63, 3.8) is 0 Å². The van der Waals surface area contributed by atoms with Gasteiger partial charge in [0.25, 0.3) is 14.1 Å². The highest BCUT2D eigenvalue weighted by molar-refractivity contribution is 6.58. The predicted octanol–water partition coefficient (Wildman–Crippen LogP) is 5.00. The standard InChI is InChI=1S/C7H15O.2C4H9.Al/c1-3-5-6-7-8-4-2;2*1-4(2)3;/h1,3-7H2,2H3;2*4H,1H2,2-3H3;. The van der Waals surface area contributed by atoms with E-state index in [0.29, 0.717) is 0 Å². The zero-order valence-corrected chi connectivity index (χ0v) is 14.0. The van der Waals surface area contributed by atoms with Crippen molar-refractivity contribution in [2.75, 3.05) is 13.2 Å². The van der Waals surface area contributed by atoms with Crippen LogP contribution in [-0.2, 0) is 4.74 Å². The van der Waals surface area contributed by atoms with Crippen molar-refractivity contribution < 1.29 is 4.74 Å². The van der Waals surface area contributed by atoms with Crippen molar-refractivity contribution in [2.24, 2.45) is 11.8 Å². The average Bonchev–Trinajstić information content (AvgIpc) is 2.21. The number of rotatable bonds is 11. The van der Waals surface area contributed by atoms with Crippen LogP contribution in [0, 0.1) is 11.8 Å². The van der Waals surface area contributed by atoms with E-state index >= 15 is 0 Å². The molecule has 0 aliphatic carbocycles. The smallest absolute Gasteiger partial charge is 0.262 e. The molecule has 0 heterocycles. The van der Waals surface area contributed by atoms with Crippen LogP contribution in [0.5, 0.6) is 0 Å². The maximum atomic E-state index is 5.38. The highest BCUT2D eigenvalue weighted by Gasteiger charge is 2.19. The molecule has 0 saturated carbocycles. The SMILES string of the molecule is CCOCCCC[CH2][Al]([CH2]C(C)C)[CH2]C(C)C. The molecule has 102 valence electrons. The first-order chi connectivity index (χ1) is 8.06. The summed E-state index contributed by atoms with van der Waals surface area (Å²) in [6, 6.07) is 0. The Morgan fingerprint density at radius 1 is 0.882 bits per heavy atom. The van der Waals surface area contributed by atoms with Crippen LogP contribution in [0.1, 0.15) is 53.9 Å². The molecule has 0 aromatic carbocycles. The molecular weight excluding hydrogens is 223 g/mol. The van der Waals surface area contributed by atoms with Crippen LogP contribution in [0.25, 0.3) is 0 Å². The minimum absolute atomic E-state index is 0.449. The van der Waals surface area contributed by atoms with Gasteiger partial charge in [0.15, 0.2) is 0 Å². The highest BCUT2D eigenvalue weighted by atomic mass is 27.2. The van der Waals surface area contributed by atoms with Crippen LogP contribution in [0.3, 0.4) is 0 Å². The van der Waals surface area contributed by atoms with Crippen LogP contribution in [0.4, 0.5) is 0 Å². The third-order valence-corrected chi connectivity index (χ3v) is 7.66. The van der Waals surface area contributed by atoms with Crippen molar-refractivity contribution in [1.29, 1.82) is 0 Å². The van der Waals surface area contributed by atoms with Gasteiger partial charge in [-0.15, -0.1) is 0 Å². The van der Waals surface area contributed by atoms with Crippen LogP contribution < -0.4 is 0 Å². The lowest BCUT2D eigenvalue weighted by Gasteiger charge is -2.16. The number of hydrogen-bond donors (Lipinski definition) is 0. The Hall–Kier alpha value is 0.492. The minimum atomic E-state index is -0.449. The van der Waals surface area contributed by atoms with Crippen molar-refractivity contribution in [2.45, 2.75) is 69.7 Å². The largest absolute Gasteiger partial charge is 0.382 e. The third kappa shape index (κ3) is 12.7. The second-order valence-corrected chi connectivity index (χ2v) is 9.42. The second kappa shape index (κ2) is 11.6. The van der Waals surface area contributed by atoms with Gasteiger partial charge in [-0.2, -0.15) is 0 Å². The molecule has 0 saturated heterocycles. The molecule has 0 aliphatic rings. The summed E-state index contributed by atoms with van der Waals surface area (Å²) >= 11 is -0.449. The molecule has 0 aromatic rings. The highest BCUT2D eigenvalue weighted by Crippen LogP contribution is 2.20. The van der Waals surface area contributed by atoms with Gasteiger partial charge < -0.3 is 4.74 Å². The molecule has 1 nitrogen and oxygen atoms in total. The van der Waals surface area contributed by atoms with Gasteiger partial charge in [-0.05, 0) is 13.3 Å². The summed E-state index contributed by atoms with van der Waals surface area (Å²) in [4.78, 5) is 0. The molecule has 0 atom stereocenters. The van der Waals surface area contributed by atoms with Gasteiger partial charge in [0.1, 0.15) is 0 Å². The Labute approximate surface area is 114 Å². The summed E-state index contributed by atoms with van der Waals surface area (Å²) in [7, 11) is 0.